The van der Waals surface area contributed by atoms with E-state index >= 15 is 0 Å². The van der Waals surface area contributed by atoms with Gasteiger partial charge in [0.15, 0.2) is 0 Å². The molecule has 5 nitrogen and oxygen atoms in total. The van der Waals surface area contributed by atoms with E-state index in [1.54, 1.807) is 24.3 Å². The van der Waals surface area contributed by atoms with Crippen LogP contribution in [0.1, 0.15) is 24.3 Å². The number of benzene rings is 2. The van der Waals surface area contributed by atoms with E-state index in [1.807, 2.05) is 18.2 Å². The highest BCUT2D eigenvalue weighted by Gasteiger charge is 2.63. The van der Waals surface area contributed by atoms with Gasteiger partial charge in [-0.05, 0) is 60.4 Å². The second-order valence-electron chi connectivity index (χ2n) is 8.28. The number of nitrogens with zero attached hydrogens (tertiary/aromatic N) is 1. The fourth-order valence-electron chi connectivity index (χ4n) is 5.64. The van der Waals surface area contributed by atoms with E-state index in [2.05, 4.69) is 17.4 Å². The Morgan fingerprint density at radius 1 is 0.966 bits per heavy atom. The highest BCUT2D eigenvalue weighted by Crippen LogP contribution is 2.61. The molecule has 1 aliphatic heterocycles. The molecule has 1 saturated heterocycles. The summed E-state index contributed by atoms with van der Waals surface area (Å²) in [6.07, 6.45) is 1.87. The van der Waals surface area contributed by atoms with Crippen molar-refractivity contribution < 1.29 is 14.4 Å². The van der Waals surface area contributed by atoms with Crippen molar-refractivity contribution in [2.75, 3.05) is 11.9 Å². The number of hydrogen-bond donors (Lipinski definition) is 1. The van der Waals surface area contributed by atoms with Crippen LogP contribution >= 0.6 is 11.6 Å². The molecule has 2 aromatic carbocycles. The molecule has 5 rings (SSSR count). The summed E-state index contributed by atoms with van der Waals surface area (Å²) in [5, 5.41) is 3.31. The van der Waals surface area contributed by atoms with Crippen LogP contribution in [-0.2, 0) is 14.4 Å². The summed E-state index contributed by atoms with van der Waals surface area (Å²) >= 11 is 5.86. The van der Waals surface area contributed by atoms with Gasteiger partial charge in [0.1, 0.15) is 6.54 Å². The van der Waals surface area contributed by atoms with Crippen molar-refractivity contribution in [3.05, 3.63) is 65.2 Å². The predicted molar refractivity (Wildman–Crippen MR) is 109 cm³/mol. The number of nitrogens with one attached hydrogen (secondary N) is 1. The van der Waals surface area contributed by atoms with Crippen LogP contribution < -0.4 is 5.32 Å². The van der Waals surface area contributed by atoms with Crippen LogP contribution in [0.5, 0.6) is 0 Å². The zero-order valence-electron chi connectivity index (χ0n) is 15.8. The van der Waals surface area contributed by atoms with Crippen molar-refractivity contribution in [3.63, 3.8) is 0 Å². The van der Waals surface area contributed by atoms with Crippen molar-refractivity contribution in [1.29, 1.82) is 0 Å². The summed E-state index contributed by atoms with van der Waals surface area (Å²) in [6.45, 7) is -0.233. The van der Waals surface area contributed by atoms with Gasteiger partial charge in [0, 0.05) is 10.7 Å². The number of amides is 3. The standard InChI is InChI=1S/C23H21ClN2O3/c24-15-6-8-16(9-7-15)25-19(27)12-26-22(28)20-14-10-17(13-4-2-1-3-5-13)18(11-14)21(20)23(26)29/h1-9,14,17-18,20-21H,10-12H2,(H,25,27). The van der Waals surface area contributed by atoms with Crippen molar-refractivity contribution >= 4 is 35.0 Å². The molecule has 6 heteroatoms. The first kappa shape index (κ1) is 18.4. The van der Waals surface area contributed by atoms with Crippen LogP contribution in [-0.4, -0.2) is 29.2 Å². The van der Waals surface area contributed by atoms with Crippen LogP contribution in [0.3, 0.4) is 0 Å². The lowest BCUT2D eigenvalue weighted by Gasteiger charge is -2.28. The number of halogens is 1. The third-order valence-electron chi connectivity index (χ3n) is 6.76. The average Bonchev–Trinajstić information content (AvgIpc) is 3.38. The molecule has 3 fully saturated rings. The molecule has 1 N–H and O–H groups in total. The Balaban J connectivity index is 1.31. The number of fused-ring (bicyclic) bond motifs is 5. The minimum atomic E-state index is -0.374. The highest BCUT2D eigenvalue weighted by atomic mass is 35.5. The molecule has 3 aliphatic rings. The minimum absolute atomic E-state index is 0.176. The van der Waals surface area contributed by atoms with Gasteiger partial charge in [-0.15, -0.1) is 0 Å². The molecule has 29 heavy (non-hydrogen) atoms. The molecular weight excluding hydrogens is 388 g/mol. The first-order valence-electron chi connectivity index (χ1n) is 9.98. The molecule has 2 aromatic rings. The largest absolute Gasteiger partial charge is 0.325 e. The Labute approximate surface area is 174 Å². The number of imide groups is 1. The zero-order chi connectivity index (χ0) is 20.1. The van der Waals surface area contributed by atoms with Crippen molar-refractivity contribution in [1.82, 2.24) is 4.90 Å². The quantitative estimate of drug-likeness (QED) is 0.784. The maximum absolute atomic E-state index is 13.1. The third-order valence-corrected chi connectivity index (χ3v) is 7.02. The van der Waals surface area contributed by atoms with E-state index < -0.39 is 0 Å². The number of likely N-dealkylation sites (tertiary alicyclic amines) is 1. The Morgan fingerprint density at radius 2 is 1.66 bits per heavy atom. The van der Waals surface area contributed by atoms with Gasteiger partial charge in [0.25, 0.3) is 0 Å². The summed E-state index contributed by atoms with van der Waals surface area (Å²) in [4.78, 5) is 39.7. The number of carbonyl (C=O) groups is 3. The van der Waals surface area contributed by atoms with E-state index in [4.69, 9.17) is 11.6 Å². The molecule has 2 saturated carbocycles. The topological polar surface area (TPSA) is 66.5 Å². The van der Waals surface area contributed by atoms with Gasteiger partial charge in [-0.1, -0.05) is 41.9 Å². The summed E-state index contributed by atoms with van der Waals surface area (Å²) < 4.78 is 0. The first-order chi connectivity index (χ1) is 14.0. The monoisotopic (exact) mass is 408 g/mol. The molecule has 5 unspecified atom stereocenters. The average molecular weight is 409 g/mol. The van der Waals surface area contributed by atoms with Gasteiger partial charge in [-0.2, -0.15) is 0 Å². The molecule has 1 heterocycles. The van der Waals surface area contributed by atoms with E-state index in [-0.39, 0.29) is 47.9 Å². The smallest absolute Gasteiger partial charge is 0.244 e. The van der Waals surface area contributed by atoms with Gasteiger partial charge in [0.05, 0.1) is 11.8 Å². The van der Waals surface area contributed by atoms with Crippen LogP contribution in [0.4, 0.5) is 5.69 Å². The van der Waals surface area contributed by atoms with E-state index in [0.717, 1.165) is 12.8 Å². The predicted octanol–water partition coefficient (Wildman–Crippen LogP) is 3.70. The normalized spacial score (nSPS) is 30.0. The lowest BCUT2D eigenvalue weighted by molar-refractivity contribution is -0.143. The SMILES string of the molecule is O=C(CN1C(=O)C2C3CC(c4ccccc4)C(C3)C2C1=O)Nc1ccc(Cl)cc1. The Kier molecular flexibility index (Phi) is 4.43. The summed E-state index contributed by atoms with van der Waals surface area (Å²) in [5.41, 5.74) is 1.83. The van der Waals surface area contributed by atoms with E-state index in [1.165, 1.54) is 10.5 Å². The summed E-state index contributed by atoms with van der Waals surface area (Å²) in [5.74, 6) is -0.526. The fourth-order valence-corrected chi connectivity index (χ4v) is 5.76. The van der Waals surface area contributed by atoms with E-state index in [9.17, 15) is 14.4 Å². The first-order valence-corrected chi connectivity index (χ1v) is 10.4. The van der Waals surface area contributed by atoms with Gasteiger partial charge < -0.3 is 5.32 Å². The maximum atomic E-state index is 13.1. The minimum Gasteiger partial charge on any atom is -0.325 e. The maximum Gasteiger partial charge on any atom is 0.244 e. The van der Waals surface area contributed by atoms with Crippen LogP contribution in [0.25, 0.3) is 0 Å². The van der Waals surface area contributed by atoms with Gasteiger partial charge in [0.2, 0.25) is 17.7 Å². The molecule has 148 valence electrons. The molecule has 2 bridgehead atoms. The van der Waals surface area contributed by atoms with Crippen LogP contribution in [0.15, 0.2) is 54.6 Å². The number of rotatable bonds is 4. The van der Waals surface area contributed by atoms with Crippen molar-refractivity contribution in [2.24, 2.45) is 23.7 Å². The molecule has 3 amide bonds. The van der Waals surface area contributed by atoms with E-state index in [0.29, 0.717) is 16.6 Å². The number of carbonyl (C=O) groups excluding carboxylic acids is 3. The van der Waals surface area contributed by atoms with Gasteiger partial charge >= 0.3 is 0 Å². The molecule has 0 spiro atoms. The molecule has 2 aliphatic carbocycles. The summed E-state index contributed by atoms with van der Waals surface area (Å²) in [6, 6.07) is 17.0. The van der Waals surface area contributed by atoms with Crippen molar-refractivity contribution in [3.8, 4) is 0 Å². The Morgan fingerprint density at radius 3 is 2.38 bits per heavy atom. The third kappa shape index (κ3) is 3.04. The lowest BCUT2D eigenvalue weighted by atomic mass is 9.73. The second kappa shape index (κ2) is 6.99. The van der Waals surface area contributed by atoms with Crippen LogP contribution in [0.2, 0.25) is 5.02 Å². The lowest BCUT2D eigenvalue weighted by Crippen LogP contribution is -2.39. The van der Waals surface area contributed by atoms with Crippen molar-refractivity contribution in [2.45, 2.75) is 18.8 Å². The Bertz CT molecular complexity index is 975. The Hall–Kier alpha value is -2.66. The summed E-state index contributed by atoms with van der Waals surface area (Å²) in [7, 11) is 0. The molecule has 0 radical (unpaired) electrons. The van der Waals surface area contributed by atoms with Crippen LogP contribution in [0, 0.1) is 23.7 Å². The number of hydrogen-bond acceptors (Lipinski definition) is 3. The zero-order valence-corrected chi connectivity index (χ0v) is 16.5. The number of anilines is 1. The van der Waals surface area contributed by atoms with Gasteiger partial charge in [-0.3, -0.25) is 19.3 Å². The molecular formula is C23H21ClN2O3. The van der Waals surface area contributed by atoms with Gasteiger partial charge in [-0.25, -0.2) is 0 Å². The molecule has 0 aromatic heterocycles. The highest BCUT2D eigenvalue weighted by molar-refractivity contribution is 6.30. The second-order valence-corrected chi connectivity index (χ2v) is 8.72. The fraction of sp³-hybridized carbons (Fsp3) is 0.348. The molecule has 5 atom stereocenters.